The molecule has 3 rings (SSSR count). The number of nitrogens with zero attached hydrogens (tertiary/aromatic N) is 1. The van der Waals surface area contributed by atoms with Gasteiger partial charge in [-0.1, -0.05) is 24.3 Å². The molecule has 138 valence electrons. The highest BCUT2D eigenvalue weighted by atomic mass is 16.5. The van der Waals surface area contributed by atoms with Gasteiger partial charge in [-0.2, -0.15) is 0 Å². The second kappa shape index (κ2) is 8.72. The number of amides is 1. The van der Waals surface area contributed by atoms with Gasteiger partial charge in [0.2, 0.25) is 5.91 Å². The lowest BCUT2D eigenvalue weighted by molar-refractivity contribution is -0.115. The maximum Gasteiger partial charge on any atom is 0.228 e. The number of hydrogen-bond donors (Lipinski definition) is 1. The van der Waals surface area contributed by atoms with Gasteiger partial charge in [0.25, 0.3) is 0 Å². The second-order valence-corrected chi connectivity index (χ2v) is 6.55. The summed E-state index contributed by atoms with van der Waals surface area (Å²) in [6, 6.07) is 13.6. The van der Waals surface area contributed by atoms with Crippen LogP contribution >= 0.6 is 0 Å². The Labute approximate surface area is 154 Å². The van der Waals surface area contributed by atoms with Crippen LogP contribution in [-0.4, -0.2) is 38.1 Å². The molecule has 0 spiro atoms. The van der Waals surface area contributed by atoms with E-state index in [0.29, 0.717) is 17.9 Å². The third-order valence-electron chi connectivity index (χ3n) is 4.70. The summed E-state index contributed by atoms with van der Waals surface area (Å²) in [6.45, 7) is 3.15. The number of carbonyl (C=O) groups excluding carboxylic acids is 1. The molecule has 0 unspecified atom stereocenters. The molecule has 2 aromatic carbocycles. The number of likely N-dealkylation sites (tertiary alicyclic amines) is 1. The number of para-hydroxylation sites is 1. The van der Waals surface area contributed by atoms with E-state index < -0.39 is 0 Å². The molecular formula is C21H26N2O3. The molecule has 1 fully saturated rings. The van der Waals surface area contributed by atoms with Crippen LogP contribution in [0.5, 0.6) is 11.5 Å². The summed E-state index contributed by atoms with van der Waals surface area (Å²) in [5, 5.41) is 3.06. The lowest BCUT2D eigenvalue weighted by Crippen LogP contribution is -2.21. The lowest BCUT2D eigenvalue weighted by Gasteiger charge is -2.18. The standard InChI is InChI=1S/C21H26N2O3/c1-25-19-10-9-16(13-20(19)26-2)14-21(24)22-18-8-4-3-7-17(18)15-23-11-5-6-12-23/h3-4,7-10,13H,5-6,11-12,14-15H2,1-2H3,(H,22,24). The molecule has 0 aliphatic carbocycles. The van der Waals surface area contributed by atoms with E-state index in [2.05, 4.69) is 16.3 Å². The van der Waals surface area contributed by atoms with Crippen molar-refractivity contribution in [3.05, 3.63) is 53.6 Å². The van der Waals surface area contributed by atoms with Gasteiger partial charge in [0.05, 0.1) is 20.6 Å². The molecule has 1 aliphatic rings. The van der Waals surface area contributed by atoms with Crippen LogP contribution in [-0.2, 0) is 17.8 Å². The summed E-state index contributed by atoms with van der Waals surface area (Å²) in [4.78, 5) is 15.0. The van der Waals surface area contributed by atoms with E-state index in [-0.39, 0.29) is 5.91 Å². The minimum atomic E-state index is -0.0360. The summed E-state index contributed by atoms with van der Waals surface area (Å²) in [6.07, 6.45) is 2.81. The Kier molecular flexibility index (Phi) is 6.12. The van der Waals surface area contributed by atoms with Crippen LogP contribution in [0.3, 0.4) is 0 Å². The van der Waals surface area contributed by atoms with Gasteiger partial charge in [0.15, 0.2) is 11.5 Å². The van der Waals surface area contributed by atoms with Crippen LogP contribution in [0.15, 0.2) is 42.5 Å². The van der Waals surface area contributed by atoms with Gasteiger partial charge in [-0.3, -0.25) is 9.69 Å². The number of rotatable bonds is 7. The first kappa shape index (κ1) is 18.3. The van der Waals surface area contributed by atoms with Crippen LogP contribution in [0.2, 0.25) is 0 Å². The topological polar surface area (TPSA) is 50.8 Å². The molecule has 0 bridgehead atoms. The molecule has 1 N–H and O–H groups in total. The predicted molar refractivity (Wildman–Crippen MR) is 103 cm³/mol. The van der Waals surface area contributed by atoms with E-state index in [1.165, 1.54) is 12.8 Å². The van der Waals surface area contributed by atoms with Crippen molar-refractivity contribution in [3.8, 4) is 11.5 Å². The number of anilines is 1. The number of carbonyl (C=O) groups is 1. The van der Waals surface area contributed by atoms with Crippen molar-refractivity contribution in [2.75, 3.05) is 32.6 Å². The summed E-state index contributed by atoms with van der Waals surface area (Å²) in [5.74, 6) is 1.26. The summed E-state index contributed by atoms with van der Waals surface area (Å²) in [5.41, 5.74) is 2.94. The minimum Gasteiger partial charge on any atom is -0.493 e. The second-order valence-electron chi connectivity index (χ2n) is 6.55. The first-order valence-electron chi connectivity index (χ1n) is 9.00. The average Bonchev–Trinajstić information content (AvgIpc) is 3.16. The van der Waals surface area contributed by atoms with Crippen LogP contribution in [0, 0.1) is 0 Å². The van der Waals surface area contributed by atoms with E-state index in [0.717, 1.165) is 36.4 Å². The van der Waals surface area contributed by atoms with Gasteiger partial charge in [0, 0.05) is 12.2 Å². The quantitative estimate of drug-likeness (QED) is 0.827. The van der Waals surface area contributed by atoms with Crippen molar-refractivity contribution in [1.82, 2.24) is 4.90 Å². The van der Waals surface area contributed by atoms with Crippen molar-refractivity contribution in [2.45, 2.75) is 25.8 Å². The molecule has 5 heteroatoms. The Morgan fingerprint density at radius 2 is 1.77 bits per heavy atom. The third kappa shape index (κ3) is 4.55. The van der Waals surface area contributed by atoms with E-state index >= 15 is 0 Å². The summed E-state index contributed by atoms with van der Waals surface area (Å²) >= 11 is 0. The molecule has 0 saturated carbocycles. The van der Waals surface area contributed by atoms with Crippen LogP contribution in [0.1, 0.15) is 24.0 Å². The lowest BCUT2D eigenvalue weighted by atomic mass is 10.1. The van der Waals surface area contributed by atoms with E-state index in [9.17, 15) is 4.79 Å². The smallest absolute Gasteiger partial charge is 0.228 e. The van der Waals surface area contributed by atoms with Crippen molar-refractivity contribution in [1.29, 1.82) is 0 Å². The molecule has 0 atom stereocenters. The SMILES string of the molecule is COc1ccc(CC(=O)Nc2ccccc2CN2CCCC2)cc1OC. The van der Waals surface area contributed by atoms with E-state index in [1.807, 2.05) is 36.4 Å². The molecule has 1 heterocycles. The molecule has 1 saturated heterocycles. The Hall–Kier alpha value is -2.53. The molecule has 0 aromatic heterocycles. The third-order valence-corrected chi connectivity index (χ3v) is 4.70. The predicted octanol–water partition coefficient (Wildman–Crippen LogP) is 3.48. The zero-order valence-corrected chi connectivity index (χ0v) is 15.5. The number of ether oxygens (including phenoxy) is 2. The van der Waals surface area contributed by atoms with E-state index in [4.69, 9.17) is 9.47 Å². The van der Waals surface area contributed by atoms with Crippen LogP contribution in [0.25, 0.3) is 0 Å². The monoisotopic (exact) mass is 354 g/mol. The Morgan fingerprint density at radius 1 is 1.04 bits per heavy atom. The molecule has 5 nitrogen and oxygen atoms in total. The number of hydrogen-bond acceptors (Lipinski definition) is 4. The normalized spacial score (nSPS) is 14.2. The Bertz CT molecular complexity index is 755. The van der Waals surface area contributed by atoms with Gasteiger partial charge in [-0.25, -0.2) is 0 Å². The van der Waals surface area contributed by atoms with Crippen molar-refractivity contribution < 1.29 is 14.3 Å². The highest BCUT2D eigenvalue weighted by Crippen LogP contribution is 2.28. The molecule has 2 aromatic rings. The maximum atomic E-state index is 12.5. The average molecular weight is 354 g/mol. The zero-order chi connectivity index (χ0) is 18.4. The zero-order valence-electron chi connectivity index (χ0n) is 15.5. The van der Waals surface area contributed by atoms with Crippen molar-refractivity contribution in [2.24, 2.45) is 0 Å². The van der Waals surface area contributed by atoms with Gasteiger partial charge < -0.3 is 14.8 Å². The maximum absolute atomic E-state index is 12.5. The highest BCUT2D eigenvalue weighted by molar-refractivity contribution is 5.93. The van der Waals surface area contributed by atoms with Crippen molar-refractivity contribution in [3.63, 3.8) is 0 Å². The molecule has 1 aliphatic heterocycles. The number of nitrogens with one attached hydrogen (secondary N) is 1. The first-order chi connectivity index (χ1) is 12.7. The Morgan fingerprint density at radius 3 is 2.50 bits per heavy atom. The highest BCUT2D eigenvalue weighted by Gasteiger charge is 2.15. The minimum absolute atomic E-state index is 0.0360. The number of benzene rings is 2. The van der Waals surface area contributed by atoms with Gasteiger partial charge in [0.1, 0.15) is 0 Å². The molecule has 0 radical (unpaired) electrons. The Balaban J connectivity index is 1.66. The molecule has 26 heavy (non-hydrogen) atoms. The van der Waals surface area contributed by atoms with Crippen LogP contribution in [0.4, 0.5) is 5.69 Å². The summed E-state index contributed by atoms with van der Waals surface area (Å²) in [7, 11) is 3.19. The van der Waals surface area contributed by atoms with Gasteiger partial charge in [-0.05, 0) is 55.3 Å². The fraction of sp³-hybridized carbons (Fsp3) is 0.381. The molecular weight excluding hydrogens is 328 g/mol. The van der Waals surface area contributed by atoms with Crippen LogP contribution < -0.4 is 14.8 Å². The van der Waals surface area contributed by atoms with Gasteiger partial charge in [-0.15, -0.1) is 0 Å². The number of methoxy groups -OCH3 is 2. The fourth-order valence-corrected chi connectivity index (χ4v) is 3.33. The first-order valence-corrected chi connectivity index (χ1v) is 9.00. The molecule has 1 amide bonds. The van der Waals surface area contributed by atoms with Gasteiger partial charge >= 0.3 is 0 Å². The largest absolute Gasteiger partial charge is 0.493 e. The van der Waals surface area contributed by atoms with E-state index in [1.54, 1.807) is 14.2 Å². The summed E-state index contributed by atoms with van der Waals surface area (Å²) < 4.78 is 10.5. The van der Waals surface area contributed by atoms with Crippen molar-refractivity contribution >= 4 is 11.6 Å². The fourth-order valence-electron chi connectivity index (χ4n) is 3.33.